The summed E-state index contributed by atoms with van der Waals surface area (Å²) >= 11 is 0. The van der Waals surface area contributed by atoms with Gasteiger partial charge in [-0.1, -0.05) is 0 Å². The lowest BCUT2D eigenvalue weighted by Gasteiger charge is -2.05. The third-order valence-corrected chi connectivity index (χ3v) is 2.27. The first-order valence-corrected chi connectivity index (χ1v) is 4.64. The van der Waals surface area contributed by atoms with E-state index in [1.807, 2.05) is 5.32 Å². The molecule has 0 spiro atoms. The van der Waals surface area contributed by atoms with E-state index in [-0.39, 0.29) is 0 Å². The van der Waals surface area contributed by atoms with Crippen LogP contribution in [0.25, 0.3) is 0 Å². The van der Waals surface area contributed by atoms with E-state index in [0.29, 0.717) is 12.1 Å². The van der Waals surface area contributed by atoms with Crippen molar-refractivity contribution in [3.63, 3.8) is 0 Å². The van der Waals surface area contributed by atoms with E-state index >= 15 is 0 Å². The van der Waals surface area contributed by atoms with E-state index in [9.17, 15) is 28.5 Å². The molecule has 94 valence electrons. The number of carbonyl (C=O) groups is 2. The molecular weight excluding hydrogens is 252 g/mol. The van der Waals surface area contributed by atoms with Gasteiger partial charge in [0.2, 0.25) is 0 Å². The van der Waals surface area contributed by atoms with Crippen molar-refractivity contribution in [1.82, 2.24) is 5.32 Å². The number of rotatable bonds is 1. The number of anilines is 1. The lowest BCUT2D eigenvalue weighted by Crippen LogP contribution is -2.46. The number of nitrogens with zero attached hydrogens (tertiary/aromatic N) is 1. The summed E-state index contributed by atoms with van der Waals surface area (Å²) in [5.41, 5.74) is -1.09. The molecule has 0 saturated heterocycles. The van der Waals surface area contributed by atoms with Crippen LogP contribution < -0.4 is 10.6 Å². The fraction of sp³-hybridized carbons (Fsp3) is 0.111. The van der Waals surface area contributed by atoms with Gasteiger partial charge in [0.1, 0.15) is 11.6 Å². The summed E-state index contributed by atoms with van der Waals surface area (Å²) in [6, 6.07) is 1.15. The monoisotopic (exact) mass is 257 g/mol. The third kappa shape index (κ3) is 1.85. The Bertz CT molecular complexity index is 575. The summed E-state index contributed by atoms with van der Waals surface area (Å²) in [5, 5.41) is 14.2. The molecule has 1 atom stereocenters. The molecule has 2 amide bonds. The Labute approximate surface area is 97.9 Å². The Balaban J connectivity index is 2.55. The van der Waals surface area contributed by atoms with E-state index < -0.39 is 45.8 Å². The van der Waals surface area contributed by atoms with Crippen molar-refractivity contribution in [3.8, 4) is 0 Å². The maximum atomic E-state index is 13.4. The van der Waals surface area contributed by atoms with Gasteiger partial charge in [0, 0.05) is 6.07 Å². The van der Waals surface area contributed by atoms with Crippen LogP contribution in [0.15, 0.2) is 12.1 Å². The minimum atomic E-state index is -2.05. The van der Waals surface area contributed by atoms with Crippen LogP contribution in [0.1, 0.15) is 10.4 Å². The topological polar surface area (TPSA) is 101 Å². The molecule has 2 N–H and O–H groups in total. The Hall–Kier alpha value is -2.58. The highest BCUT2D eigenvalue weighted by Crippen LogP contribution is 2.23. The minimum absolute atomic E-state index is 0.442. The molecule has 1 aromatic carbocycles. The Morgan fingerprint density at radius 2 is 1.94 bits per heavy atom. The molecule has 9 heteroatoms. The van der Waals surface area contributed by atoms with Gasteiger partial charge in [-0.25, -0.2) is 8.78 Å². The van der Waals surface area contributed by atoms with Crippen molar-refractivity contribution in [3.05, 3.63) is 39.4 Å². The molecule has 7 nitrogen and oxygen atoms in total. The van der Waals surface area contributed by atoms with E-state index in [2.05, 4.69) is 0 Å². The molecule has 0 aliphatic carbocycles. The average molecular weight is 257 g/mol. The molecule has 1 aliphatic heterocycles. The van der Waals surface area contributed by atoms with Crippen LogP contribution in [-0.2, 0) is 4.79 Å². The molecule has 1 aromatic rings. The number of halogens is 2. The average Bonchev–Trinajstić information content (AvgIpc) is 2.35. The lowest BCUT2D eigenvalue weighted by atomic mass is 10.1. The highest BCUT2D eigenvalue weighted by Gasteiger charge is 2.37. The van der Waals surface area contributed by atoms with Crippen molar-refractivity contribution in [2.24, 2.45) is 0 Å². The molecule has 1 unspecified atom stereocenters. The molecular formula is C9H5F2N3O4. The largest absolute Gasteiger partial charge is 0.365 e. The van der Waals surface area contributed by atoms with Crippen LogP contribution >= 0.6 is 0 Å². The SMILES string of the molecule is O=C1NC([N+](=O)[O-])C(=O)Nc2cc(F)cc(F)c21. The smallest absolute Gasteiger partial charge is 0.317 e. The molecule has 1 aliphatic rings. The number of hydrogen-bond acceptors (Lipinski definition) is 4. The van der Waals surface area contributed by atoms with Gasteiger partial charge in [-0.2, -0.15) is 0 Å². The van der Waals surface area contributed by atoms with Crippen molar-refractivity contribution < 1.29 is 23.3 Å². The summed E-state index contributed by atoms with van der Waals surface area (Å²) in [5.74, 6) is -4.58. The van der Waals surface area contributed by atoms with E-state index in [0.717, 1.165) is 0 Å². The van der Waals surface area contributed by atoms with Gasteiger partial charge in [-0.15, -0.1) is 0 Å². The number of hydrogen-bond donors (Lipinski definition) is 2. The minimum Gasteiger partial charge on any atom is -0.317 e. The highest BCUT2D eigenvalue weighted by atomic mass is 19.1. The van der Waals surface area contributed by atoms with Crippen LogP contribution in [0, 0.1) is 21.7 Å². The number of fused-ring (bicyclic) bond motifs is 1. The molecule has 0 aromatic heterocycles. The third-order valence-electron chi connectivity index (χ3n) is 2.27. The van der Waals surface area contributed by atoms with Crippen LogP contribution in [-0.4, -0.2) is 22.9 Å². The van der Waals surface area contributed by atoms with Crippen LogP contribution in [0.2, 0.25) is 0 Å². The highest BCUT2D eigenvalue weighted by molar-refractivity contribution is 6.09. The lowest BCUT2D eigenvalue weighted by molar-refractivity contribution is -0.510. The second kappa shape index (κ2) is 4.02. The van der Waals surface area contributed by atoms with Gasteiger partial charge in [0.05, 0.1) is 16.2 Å². The first kappa shape index (κ1) is 11.9. The van der Waals surface area contributed by atoms with Gasteiger partial charge < -0.3 is 5.32 Å². The standard InChI is InChI=1S/C9H5F2N3O4/c10-3-1-4(11)6-5(2-3)12-9(16)7(14(17)18)13-8(6)15/h1-2,7H,(H,12,16)(H,13,15). The number of nitrogens with one attached hydrogen (secondary N) is 2. The van der Waals surface area contributed by atoms with E-state index in [4.69, 9.17) is 0 Å². The van der Waals surface area contributed by atoms with Crippen LogP contribution in [0.5, 0.6) is 0 Å². The zero-order chi connectivity index (χ0) is 13.4. The van der Waals surface area contributed by atoms with Gasteiger partial charge in [-0.3, -0.25) is 25.0 Å². The molecule has 0 saturated carbocycles. The molecule has 0 bridgehead atoms. The van der Waals surface area contributed by atoms with Gasteiger partial charge in [-0.05, 0) is 6.07 Å². The quantitative estimate of drug-likeness (QED) is 0.556. The maximum Gasteiger partial charge on any atom is 0.365 e. The summed E-state index contributed by atoms with van der Waals surface area (Å²) < 4.78 is 26.3. The molecule has 0 fully saturated rings. The molecule has 1 heterocycles. The Kier molecular flexibility index (Phi) is 2.66. The first-order chi connectivity index (χ1) is 8.40. The van der Waals surface area contributed by atoms with Gasteiger partial charge in [0.25, 0.3) is 5.91 Å². The summed E-state index contributed by atoms with van der Waals surface area (Å²) in [7, 11) is 0. The predicted octanol–water partition coefficient (Wildman–Crippen LogP) is 0.249. The number of amides is 2. The second-order valence-corrected chi connectivity index (χ2v) is 3.46. The van der Waals surface area contributed by atoms with E-state index in [1.54, 1.807) is 5.32 Å². The number of benzene rings is 1. The van der Waals surface area contributed by atoms with Crippen molar-refractivity contribution in [1.29, 1.82) is 0 Å². The summed E-state index contributed by atoms with van der Waals surface area (Å²) in [6.45, 7) is 0. The molecule has 0 radical (unpaired) electrons. The van der Waals surface area contributed by atoms with Crippen molar-refractivity contribution >= 4 is 17.5 Å². The normalized spacial score (nSPS) is 18.4. The van der Waals surface area contributed by atoms with E-state index in [1.165, 1.54) is 0 Å². The number of nitro groups is 1. The van der Waals surface area contributed by atoms with Crippen molar-refractivity contribution in [2.75, 3.05) is 5.32 Å². The zero-order valence-electron chi connectivity index (χ0n) is 8.57. The number of carbonyl (C=O) groups excluding carboxylic acids is 2. The maximum absolute atomic E-state index is 13.4. The fourth-order valence-electron chi connectivity index (χ4n) is 1.51. The second-order valence-electron chi connectivity index (χ2n) is 3.46. The Morgan fingerprint density at radius 1 is 1.28 bits per heavy atom. The zero-order valence-corrected chi connectivity index (χ0v) is 8.57. The van der Waals surface area contributed by atoms with Crippen LogP contribution in [0.4, 0.5) is 14.5 Å². The van der Waals surface area contributed by atoms with Crippen LogP contribution in [0.3, 0.4) is 0 Å². The Morgan fingerprint density at radius 3 is 2.56 bits per heavy atom. The molecule has 18 heavy (non-hydrogen) atoms. The molecule has 2 rings (SSSR count). The predicted molar refractivity (Wildman–Crippen MR) is 53.2 cm³/mol. The van der Waals surface area contributed by atoms with Gasteiger partial charge in [0.15, 0.2) is 0 Å². The fourth-order valence-corrected chi connectivity index (χ4v) is 1.51. The summed E-state index contributed by atoms with van der Waals surface area (Å²) in [6.07, 6.45) is -2.05. The van der Waals surface area contributed by atoms with Gasteiger partial charge >= 0.3 is 12.1 Å². The van der Waals surface area contributed by atoms with Crippen molar-refractivity contribution in [2.45, 2.75) is 6.17 Å². The first-order valence-electron chi connectivity index (χ1n) is 4.64. The summed E-state index contributed by atoms with van der Waals surface area (Å²) in [4.78, 5) is 32.4.